The van der Waals surface area contributed by atoms with Crippen LogP contribution in [0.4, 0.5) is 5.69 Å². The lowest BCUT2D eigenvalue weighted by Crippen LogP contribution is -2.12. The fourth-order valence-electron chi connectivity index (χ4n) is 2.33. The average molecular weight is 266 g/mol. The molecule has 2 N–H and O–H groups in total. The molecule has 4 heteroatoms. The quantitative estimate of drug-likeness (QED) is 0.767. The Balaban J connectivity index is 0.000000121. The van der Waals surface area contributed by atoms with E-state index in [4.69, 9.17) is 0 Å². The van der Waals surface area contributed by atoms with Crippen LogP contribution in [-0.4, -0.2) is 11.8 Å². The number of rotatable bonds is 0. The second-order valence-electron chi connectivity index (χ2n) is 4.72. The first-order chi connectivity index (χ1) is 9.74. The first-order valence-electron chi connectivity index (χ1n) is 6.48. The van der Waals surface area contributed by atoms with Crippen molar-refractivity contribution in [1.82, 2.24) is 5.32 Å². The molecule has 20 heavy (non-hydrogen) atoms. The molecule has 2 aromatic carbocycles. The zero-order valence-electron chi connectivity index (χ0n) is 10.8. The summed E-state index contributed by atoms with van der Waals surface area (Å²) in [7, 11) is 0. The van der Waals surface area contributed by atoms with E-state index in [-0.39, 0.29) is 11.8 Å². The SMILES string of the molecule is O=C1Cc2ccccc2N1.O=C1NCc2ccccc21. The molecule has 0 unspecified atom stereocenters. The highest BCUT2D eigenvalue weighted by Crippen LogP contribution is 2.21. The predicted octanol–water partition coefficient (Wildman–Crippen LogP) is 2.11. The van der Waals surface area contributed by atoms with E-state index in [2.05, 4.69) is 10.6 Å². The van der Waals surface area contributed by atoms with Gasteiger partial charge in [0.25, 0.3) is 5.91 Å². The highest BCUT2D eigenvalue weighted by atomic mass is 16.2. The normalized spacial score (nSPS) is 14.6. The highest BCUT2D eigenvalue weighted by molar-refractivity contribution is 5.99. The van der Waals surface area contributed by atoms with Crippen LogP contribution in [0.25, 0.3) is 0 Å². The first-order valence-corrected chi connectivity index (χ1v) is 6.48. The predicted molar refractivity (Wildman–Crippen MR) is 76.4 cm³/mol. The Morgan fingerprint density at radius 2 is 1.55 bits per heavy atom. The lowest BCUT2D eigenvalue weighted by Gasteiger charge is -1.93. The van der Waals surface area contributed by atoms with Crippen LogP contribution in [0.3, 0.4) is 0 Å². The second-order valence-corrected chi connectivity index (χ2v) is 4.72. The van der Waals surface area contributed by atoms with Gasteiger partial charge in [-0.25, -0.2) is 0 Å². The number of anilines is 1. The van der Waals surface area contributed by atoms with Crippen molar-refractivity contribution in [2.45, 2.75) is 13.0 Å². The Morgan fingerprint density at radius 3 is 2.30 bits per heavy atom. The van der Waals surface area contributed by atoms with E-state index in [1.807, 2.05) is 48.5 Å². The van der Waals surface area contributed by atoms with Gasteiger partial charge in [0.15, 0.2) is 0 Å². The van der Waals surface area contributed by atoms with Crippen molar-refractivity contribution in [3.8, 4) is 0 Å². The molecule has 100 valence electrons. The maximum Gasteiger partial charge on any atom is 0.251 e. The van der Waals surface area contributed by atoms with Gasteiger partial charge in [-0.2, -0.15) is 0 Å². The molecular weight excluding hydrogens is 252 g/mol. The van der Waals surface area contributed by atoms with E-state index in [0.717, 1.165) is 22.4 Å². The summed E-state index contributed by atoms with van der Waals surface area (Å²) >= 11 is 0. The summed E-state index contributed by atoms with van der Waals surface area (Å²) in [5.74, 6) is 0.150. The molecule has 0 bridgehead atoms. The number of nitrogens with one attached hydrogen (secondary N) is 2. The molecule has 2 aliphatic heterocycles. The minimum absolute atomic E-state index is 0.0515. The van der Waals surface area contributed by atoms with Crippen molar-refractivity contribution in [1.29, 1.82) is 0 Å². The van der Waals surface area contributed by atoms with Gasteiger partial charge in [0.05, 0.1) is 6.42 Å². The summed E-state index contributed by atoms with van der Waals surface area (Å²) in [4.78, 5) is 21.7. The van der Waals surface area contributed by atoms with E-state index < -0.39 is 0 Å². The molecule has 4 nitrogen and oxygen atoms in total. The van der Waals surface area contributed by atoms with E-state index in [0.29, 0.717) is 13.0 Å². The van der Waals surface area contributed by atoms with Crippen LogP contribution in [0.2, 0.25) is 0 Å². The van der Waals surface area contributed by atoms with Crippen molar-refractivity contribution in [3.63, 3.8) is 0 Å². The molecule has 0 spiro atoms. The van der Waals surface area contributed by atoms with Gasteiger partial charge in [0, 0.05) is 17.8 Å². The molecule has 2 heterocycles. The molecule has 2 aromatic rings. The van der Waals surface area contributed by atoms with Crippen molar-refractivity contribution in [3.05, 3.63) is 65.2 Å². The van der Waals surface area contributed by atoms with Gasteiger partial charge >= 0.3 is 0 Å². The lowest BCUT2D eigenvalue weighted by molar-refractivity contribution is -0.115. The van der Waals surface area contributed by atoms with Crippen LogP contribution in [0.1, 0.15) is 21.5 Å². The number of carbonyl (C=O) groups is 2. The van der Waals surface area contributed by atoms with Crippen molar-refractivity contribution < 1.29 is 9.59 Å². The summed E-state index contributed by atoms with van der Waals surface area (Å²) in [6, 6.07) is 15.4. The van der Waals surface area contributed by atoms with Gasteiger partial charge in [-0.15, -0.1) is 0 Å². The molecule has 2 amide bonds. The van der Waals surface area contributed by atoms with Gasteiger partial charge in [-0.05, 0) is 23.3 Å². The Labute approximate surface area is 116 Å². The monoisotopic (exact) mass is 266 g/mol. The third kappa shape index (κ3) is 2.40. The molecule has 0 atom stereocenters. The van der Waals surface area contributed by atoms with Gasteiger partial charge in [-0.1, -0.05) is 36.4 Å². The molecule has 0 aromatic heterocycles. The summed E-state index contributed by atoms with van der Waals surface area (Å²) in [5, 5.41) is 5.50. The highest BCUT2D eigenvalue weighted by Gasteiger charge is 2.16. The minimum Gasteiger partial charge on any atom is -0.348 e. The Bertz CT molecular complexity index is 653. The standard InChI is InChI=1S/2C8H7NO/c10-8-7-4-2-1-3-6(7)5-9-8;10-8-5-6-3-1-2-4-7(6)9-8/h2*1-4H,5H2,(H,9,10). The number of hydrogen-bond donors (Lipinski definition) is 2. The molecular formula is C16H14N2O2. The van der Waals surface area contributed by atoms with Gasteiger partial charge in [0.1, 0.15) is 0 Å². The largest absolute Gasteiger partial charge is 0.348 e. The van der Waals surface area contributed by atoms with Crippen LogP contribution in [0.5, 0.6) is 0 Å². The van der Waals surface area contributed by atoms with Gasteiger partial charge in [0.2, 0.25) is 5.91 Å². The molecule has 0 fully saturated rings. The average Bonchev–Trinajstić information content (AvgIpc) is 3.02. The van der Waals surface area contributed by atoms with Crippen molar-refractivity contribution >= 4 is 17.5 Å². The molecule has 0 aliphatic carbocycles. The van der Waals surface area contributed by atoms with E-state index in [1.54, 1.807) is 0 Å². The van der Waals surface area contributed by atoms with Crippen LogP contribution in [-0.2, 0) is 17.8 Å². The van der Waals surface area contributed by atoms with Gasteiger partial charge < -0.3 is 10.6 Å². The van der Waals surface area contributed by atoms with Crippen LogP contribution in [0, 0.1) is 0 Å². The summed E-state index contributed by atoms with van der Waals surface area (Å²) in [5.41, 5.74) is 4.00. The Kier molecular flexibility index (Phi) is 3.21. The number of benzene rings is 2. The number of hydrogen-bond acceptors (Lipinski definition) is 2. The smallest absolute Gasteiger partial charge is 0.251 e. The molecule has 0 saturated carbocycles. The lowest BCUT2D eigenvalue weighted by atomic mass is 10.1. The van der Waals surface area contributed by atoms with Crippen molar-refractivity contribution in [2.75, 3.05) is 5.32 Å². The molecule has 0 radical (unpaired) electrons. The van der Waals surface area contributed by atoms with Crippen LogP contribution < -0.4 is 10.6 Å². The number of amides is 2. The fraction of sp³-hybridized carbons (Fsp3) is 0.125. The van der Waals surface area contributed by atoms with E-state index in [1.165, 1.54) is 0 Å². The Hall–Kier alpha value is -2.62. The van der Waals surface area contributed by atoms with Crippen molar-refractivity contribution in [2.24, 2.45) is 0 Å². The van der Waals surface area contributed by atoms with Crippen LogP contribution in [0.15, 0.2) is 48.5 Å². The summed E-state index contributed by atoms with van der Waals surface area (Å²) < 4.78 is 0. The maximum absolute atomic E-state index is 11.0. The zero-order chi connectivity index (χ0) is 13.9. The van der Waals surface area contributed by atoms with Gasteiger partial charge in [-0.3, -0.25) is 9.59 Å². The third-order valence-corrected chi connectivity index (χ3v) is 3.34. The number of para-hydroxylation sites is 1. The zero-order valence-corrected chi connectivity index (χ0v) is 10.8. The van der Waals surface area contributed by atoms with E-state index in [9.17, 15) is 9.59 Å². The third-order valence-electron chi connectivity index (χ3n) is 3.34. The molecule has 0 saturated heterocycles. The minimum atomic E-state index is 0.0515. The second kappa shape index (κ2) is 5.17. The maximum atomic E-state index is 11.0. The van der Waals surface area contributed by atoms with E-state index >= 15 is 0 Å². The first kappa shape index (κ1) is 12.4. The topological polar surface area (TPSA) is 58.2 Å². The molecule has 2 aliphatic rings. The number of fused-ring (bicyclic) bond motifs is 2. The van der Waals surface area contributed by atoms with Crippen LogP contribution >= 0.6 is 0 Å². The summed E-state index contributed by atoms with van der Waals surface area (Å²) in [6.45, 7) is 0.689. The fourth-order valence-corrected chi connectivity index (χ4v) is 2.33. The number of carbonyl (C=O) groups excluding carboxylic acids is 2. The molecule has 4 rings (SSSR count). The summed E-state index contributed by atoms with van der Waals surface area (Å²) in [6.07, 6.45) is 0.538. The Morgan fingerprint density at radius 1 is 0.850 bits per heavy atom.